The molecule has 3 aromatic rings. The predicted molar refractivity (Wildman–Crippen MR) is 130 cm³/mol. The minimum atomic E-state index is -0.457. The molecule has 2 aliphatic rings. The van der Waals surface area contributed by atoms with E-state index >= 15 is 0 Å². The molecule has 0 bridgehead atoms. The molecule has 34 heavy (non-hydrogen) atoms. The Kier molecular flexibility index (Phi) is 5.71. The van der Waals surface area contributed by atoms with Crippen molar-refractivity contribution in [2.24, 2.45) is 0 Å². The summed E-state index contributed by atoms with van der Waals surface area (Å²) >= 11 is 0. The van der Waals surface area contributed by atoms with Crippen molar-refractivity contribution in [1.82, 2.24) is 9.88 Å². The van der Waals surface area contributed by atoms with E-state index < -0.39 is 11.6 Å². The number of benzene rings is 2. The fraction of sp³-hybridized carbons (Fsp3) is 0.333. The minimum absolute atomic E-state index is 0.0716. The number of aromatic nitrogens is 1. The van der Waals surface area contributed by atoms with Gasteiger partial charge >= 0.3 is 0 Å². The molecule has 1 aromatic heterocycles. The van der Waals surface area contributed by atoms with E-state index in [0.29, 0.717) is 23.5 Å². The highest BCUT2D eigenvalue weighted by Crippen LogP contribution is 2.37. The number of amides is 1. The smallest absolute Gasteiger partial charge is 0.253 e. The van der Waals surface area contributed by atoms with Gasteiger partial charge in [-0.25, -0.2) is 13.8 Å². The first-order valence-corrected chi connectivity index (χ1v) is 11.7. The third-order valence-corrected chi connectivity index (χ3v) is 6.48. The first kappa shape index (κ1) is 22.3. The van der Waals surface area contributed by atoms with Crippen molar-refractivity contribution in [2.75, 3.05) is 29.9 Å². The molecule has 0 aliphatic carbocycles. The van der Waals surface area contributed by atoms with E-state index in [1.165, 1.54) is 12.1 Å². The van der Waals surface area contributed by atoms with E-state index in [2.05, 4.69) is 24.1 Å². The van der Waals surface area contributed by atoms with Gasteiger partial charge in [0.05, 0.1) is 11.2 Å². The van der Waals surface area contributed by atoms with E-state index in [4.69, 9.17) is 0 Å². The van der Waals surface area contributed by atoms with Gasteiger partial charge in [-0.15, -0.1) is 0 Å². The van der Waals surface area contributed by atoms with Gasteiger partial charge in [0.15, 0.2) is 0 Å². The van der Waals surface area contributed by atoms with Crippen molar-refractivity contribution < 1.29 is 13.6 Å². The molecule has 1 amide bonds. The molecule has 2 aliphatic heterocycles. The van der Waals surface area contributed by atoms with Gasteiger partial charge in [0.1, 0.15) is 17.5 Å². The summed E-state index contributed by atoms with van der Waals surface area (Å²) in [5, 5.41) is 3.44. The van der Waals surface area contributed by atoms with Crippen molar-refractivity contribution in [3.05, 3.63) is 77.5 Å². The molecular formula is C27H28F2N4O. The molecule has 2 aromatic carbocycles. The van der Waals surface area contributed by atoms with E-state index in [0.717, 1.165) is 48.8 Å². The van der Waals surface area contributed by atoms with Crippen LogP contribution in [0, 0.1) is 11.6 Å². The van der Waals surface area contributed by atoms with Crippen molar-refractivity contribution in [3.8, 4) is 11.1 Å². The fourth-order valence-electron chi connectivity index (χ4n) is 4.79. The molecule has 5 rings (SSSR count). The lowest BCUT2D eigenvalue weighted by molar-refractivity contribution is 0.0793. The van der Waals surface area contributed by atoms with Gasteiger partial charge in [0.25, 0.3) is 5.91 Å². The number of halogens is 2. The Bertz CT molecular complexity index is 1220. The van der Waals surface area contributed by atoms with Crippen LogP contribution in [0.2, 0.25) is 0 Å². The first-order chi connectivity index (χ1) is 16.3. The highest BCUT2D eigenvalue weighted by atomic mass is 19.1. The SMILES string of the molecule is CC1(C)CN(Cc2cc(F)ccc2F)c2cc(-c3ccc(C(=O)N4CCCC4)cc3)cnc2N1. The van der Waals surface area contributed by atoms with Crippen LogP contribution in [-0.2, 0) is 6.54 Å². The van der Waals surface area contributed by atoms with Crippen LogP contribution in [0.3, 0.4) is 0 Å². The van der Waals surface area contributed by atoms with E-state index in [1.54, 1.807) is 6.20 Å². The number of nitrogens with zero attached hydrogens (tertiary/aromatic N) is 3. The number of pyridine rings is 1. The zero-order chi connectivity index (χ0) is 23.9. The number of likely N-dealkylation sites (tertiary alicyclic amines) is 1. The number of hydrogen-bond donors (Lipinski definition) is 1. The summed E-state index contributed by atoms with van der Waals surface area (Å²) in [5.41, 5.74) is 3.36. The summed E-state index contributed by atoms with van der Waals surface area (Å²) in [4.78, 5) is 21.2. The van der Waals surface area contributed by atoms with Crippen LogP contribution in [0.4, 0.5) is 20.3 Å². The third-order valence-electron chi connectivity index (χ3n) is 6.48. The lowest BCUT2D eigenvalue weighted by Gasteiger charge is -2.41. The molecule has 0 saturated carbocycles. The lowest BCUT2D eigenvalue weighted by atomic mass is 9.98. The molecule has 1 N–H and O–H groups in total. The van der Waals surface area contributed by atoms with Gasteiger partial charge < -0.3 is 15.1 Å². The van der Waals surface area contributed by atoms with Gasteiger partial charge in [0.2, 0.25) is 0 Å². The van der Waals surface area contributed by atoms with Crippen LogP contribution in [0.5, 0.6) is 0 Å². The van der Waals surface area contributed by atoms with Gasteiger partial charge in [-0.2, -0.15) is 0 Å². The maximum atomic E-state index is 14.4. The molecule has 0 atom stereocenters. The number of carbonyl (C=O) groups excluding carboxylic acids is 1. The van der Waals surface area contributed by atoms with Crippen molar-refractivity contribution in [2.45, 2.75) is 38.8 Å². The number of anilines is 2. The normalized spacial score (nSPS) is 16.8. The zero-order valence-corrected chi connectivity index (χ0v) is 19.4. The summed E-state index contributed by atoms with van der Waals surface area (Å²) in [6, 6.07) is 13.1. The standard InChI is InChI=1S/C27H28F2N4O/c1-27(2)17-33(16-21-13-22(28)9-10-23(21)29)24-14-20(15-30-25(24)31-27)18-5-7-19(8-6-18)26(34)32-11-3-4-12-32/h5-10,13-15H,3-4,11-12,16-17H2,1-2H3,(H,30,31). The van der Waals surface area contributed by atoms with Gasteiger partial charge in [-0.05, 0) is 68.7 Å². The molecule has 0 spiro atoms. The number of nitrogens with one attached hydrogen (secondary N) is 1. The average Bonchev–Trinajstić information content (AvgIpc) is 3.35. The van der Waals surface area contributed by atoms with Crippen LogP contribution < -0.4 is 10.2 Å². The molecule has 0 radical (unpaired) electrons. The molecule has 0 unspecified atom stereocenters. The second-order valence-electron chi connectivity index (χ2n) is 9.77. The maximum Gasteiger partial charge on any atom is 0.253 e. The quantitative estimate of drug-likeness (QED) is 0.558. The Morgan fingerprint density at radius 3 is 2.50 bits per heavy atom. The second kappa shape index (κ2) is 8.70. The number of carbonyl (C=O) groups is 1. The summed E-state index contributed by atoms with van der Waals surface area (Å²) in [6.45, 7) is 6.58. The maximum absolute atomic E-state index is 14.4. The first-order valence-electron chi connectivity index (χ1n) is 11.7. The highest BCUT2D eigenvalue weighted by Gasteiger charge is 2.31. The van der Waals surface area contributed by atoms with Gasteiger partial charge in [0, 0.05) is 49.1 Å². The molecule has 5 nitrogen and oxygen atoms in total. The van der Waals surface area contributed by atoms with Crippen LogP contribution in [-0.4, -0.2) is 41.0 Å². The monoisotopic (exact) mass is 462 g/mol. The second-order valence-corrected chi connectivity index (χ2v) is 9.77. The van der Waals surface area contributed by atoms with Crippen LogP contribution in [0.1, 0.15) is 42.6 Å². The Morgan fingerprint density at radius 1 is 1.03 bits per heavy atom. The Hall–Kier alpha value is -3.48. The Labute approximate surface area is 198 Å². The summed E-state index contributed by atoms with van der Waals surface area (Å²) in [6.07, 6.45) is 3.92. The number of rotatable bonds is 4. The zero-order valence-electron chi connectivity index (χ0n) is 19.4. The topological polar surface area (TPSA) is 48.5 Å². The molecular weight excluding hydrogens is 434 g/mol. The van der Waals surface area contributed by atoms with Crippen molar-refractivity contribution in [1.29, 1.82) is 0 Å². The molecule has 1 saturated heterocycles. The highest BCUT2D eigenvalue weighted by molar-refractivity contribution is 5.95. The van der Waals surface area contributed by atoms with Crippen molar-refractivity contribution in [3.63, 3.8) is 0 Å². The van der Waals surface area contributed by atoms with E-state index in [1.807, 2.05) is 40.1 Å². The van der Waals surface area contributed by atoms with E-state index in [9.17, 15) is 13.6 Å². The molecule has 3 heterocycles. The molecule has 176 valence electrons. The number of fused-ring (bicyclic) bond motifs is 1. The Morgan fingerprint density at radius 2 is 1.76 bits per heavy atom. The van der Waals surface area contributed by atoms with E-state index in [-0.39, 0.29) is 18.0 Å². The lowest BCUT2D eigenvalue weighted by Crippen LogP contribution is -2.48. The molecule has 1 fully saturated rings. The predicted octanol–water partition coefficient (Wildman–Crippen LogP) is 5.47. The van der Waals surface area contributed by atoms with Crippen LogP contribution >= 0.6 is 0 Å². The fourth-order valence-corrected chi connectivity index (χ4v) is 4.79. The van der Waals surface area contributed by atoms with Crippen LogP contribution in [0.25, 0.3) is 11.1 Å². The Balaban J connectivity index is 1.44. The largest absolute Gasteiger partial charge is 0.362 e. The number of hydrogen-bond acceptors (Lipinski definition) is 4. The average molecular weight is 463 g/mol. The summed E-state index contributed by atoms with van der Waals surface area (Å²) in [5.74, 6) is -0.108. The summed E-state index contributed by atoms with van der Waals surface area (Å²) < 4.78 is 28.2. The van der Waals surface area contributed by atoms with Crippen LogP contribution in [0.15, 0.2) is 54.7 Å². The minimum Gasteiger partial charge on any atom is -0.362 e. The van der Waals surface area contributed by atoms with Crippen molar-refractivity contribution >= 4 is 17.4 Å². The third kappa shape index (κ3) is 4.47. The van der Waals surface area contributed by atoms with Gasteiger partial charge in [-0.1, -0.05) is 12.1 Å². The van der Waals surface area contributed by atoms with Gasteiger partial charge in [-0.3, -0.25) is 4.79 Å². The summed E-state index contributed by atoms with van der Waals surface area (Å²) in [7, 11) is 0. The molecule has 7 heteroatoms.